The summed E-state index contributed by atoms with van der Waals surface area (Å²) in [4.78, 5) is 42.4. The molecular weight excluding hydrogens is 494 g/mol. The Morgan fingerprint density at radius 3 is 2.18 bits per heavy atom. The lowest BCUT2D eigenvalue weighted by atomic mass is 9.96. The molecule has 39 heavy (non-hydrogen) atoms. The fraction of sp³-hybridized carbons (Fsp3) is 0.516. The molecule has 0 saturated carbocycles. The van der Waals surface area contributed by atoms with Crippen molar-refractivity contribution in [3.05, 3.63) is 65.2 Å². The van der Waals surface area contributed by atoms with Gasteiger partial charge in [0.25, 0.3) is 0 Å². The molecule has 0 aliphatic rings. The second-order valence-electron chi connectivity index (χ2n) is 11.3. The van der Waals surface area contributed by atoms with Gasteiger partial charge in [0.15, 0.2) is 0 Å². The first kappa shape index (κ1) is 31.7. The molecule has 0 bridgehead atoms. The molecule has 2 aromatic carbocycles. The van der Waals surface area contributed by atoms with Gasteiger partial charge in [0, 0.05) is 24.1 Å². The molecule has 3 unspecified atom stereocenters. The molecule has 0 radical (unpaired) electrons. The third kappa shape index (κ3) is 9.30. The van der Waals surface area contributed by atoms with Gasteiger partial charge in [0.2, 0.25) is 11.8 Å². The van der Waals surface area contributed by atoms with Crippen molar-refractivity contribution >= 4 is 17.9 Å². The largest absolute Gasteiger partial charge is 0.507 e. The maximum Gasteiger partial charge on any atom is 0.408 e. The summed E-state index contributed by atoms with van der Waals surface area (Å²) in [6.45, 7) is 14.6. The van der Waals surface area contributed by atoms with E-state index in [0.29, 0.717) is 11.1 Å². The minimum Gasteiger partial charge on any atom is -0.507 e. The van der Waals surface area contributed by atoms with E-state index >= 15 is 0 Å². The third-order valence-corrected chi connectivity index (χ3v) is 6.28. The maximum atomic E-state index is 14.3. The summed E-state index contributed by atoms with van der Waals surface area (Å²) in [5.41, 5.74) is 1.00. The molecule has 0 aliphatic heterocycles. The zero-order chi connectivity index (χ0) is 29.3. The first-order valence-electron chi connectivity index (χ1n) is 13.7. The van der Waals surface area contributed by atoms with Crippen molar-refractivity contribution in [2.45, 2.75) is 104 Å². The summed E-state index contributed by atoms with van der Waals surface area (Å²) in [6.07, 6.45) is 1.12. The Morgan fingerprint density at radius 2 is 1.62 bits per heavy atom. The van der Waals surface area contributed by atoms with Crippen LogP contribution < -0.4 is 10.6 Å². The number of nitrogens with zero attached hydrogens (tertiary/aromatic N) is 1. The second-order valence-corrected chi connectivity index (χ2v) is 11.3. The maximum absolute atomic E-state index is 14.3. The second kappa shape index (κ2) is 14.0. The molecule has 0 spiro atoms. The van der Waals surface area contributed by atoms with Crippen LogP contribution in [0.5, 0.6) is 5.75 Å². The molecular formula is C31H45N3O5. The molecule has 8 nitrogen and oxygen atoms in total. The van der Waals surface area contributed by atoms with Crippen LogP contribution in [0, 0.1) is 6.92 Å². The van der Waals surface area contributed by atoms with Gasteiger partial charge in [-0.25, -0.2) is 4.79 Å². The fourth-order valence-electron chi connectivity index (χ4n) is 4.51. The molecule has 2 aromatic rings. The number of benzene rings is 2. The molecule has 214 valence electrons. The van der Waals surface area contributed by atoms with Crippen LogP contribution in [0.1, 0.15) is 84.0 Å². The highest BCUT2D eigenvalue weighted by Crippen LogP contribution is 2.33. The Hall–Kier alpha value is -3.55. The van der Waals surface area contributed by atoms with Crippen molar-refractivity contribution in [2.75, 3.05) is 0 Å². The number of hydrogen-bond acceptors (Lipinski definition) is 5. The quantitative estimate of drug-likeness (QED) is 0.353. The summed E-state index contributed by atoms with van der Waals surface area (Å²) in [5, 5.41) is 16.8. The first-order chi connectivity index (χ1) is 18.2. The first-order valence-corrected chi connectivity index (χ1v) is 13.7. The molecule has 2 rings (SSSR count). The number of aromatic hydroxyl groups is 1. The van der Waals surface area contributed by atoms with Crippen LogP contribution in [0.2, 0.25) is 0 Å². The highest BCUT2D eigenvalue weighted by Gasteiger charge is 2.39. The topological polar surface area (TPSA) is 108 Å². The van der Waals surface area contributed by atoms with Gasteiger partial charge in [-0.05, 0) is 66.0 Å². The van der Waals surface area contributed by atoms with E-state index < -0.39 is 41.6 Å². The average Bonchev–Trinajstić information content (AvgIpc) is 2.83. The van der Waals surface area contributed by atoms with Gasteiger partial charge < -0.3 is 25.4 Å². The van der Waals surface area contributed by atoms with Crippen molar-refractivity contribution < 1.29 is 24.2 Å². The molecule has 0 saturated heterocycles. The molecule has 0 fully saturated rings. The van der Waals surface area contributed by atoms with E-state index in [1.165, 1.54) is 4.90 Å². The Bertz CT molecular complexity index is 1110. The monoisotopic (exact) mass is 539 g/mol. The predicted octanol–water partition coefficient (Wildman–Crippen LogP) is 5.42. The lowest BCUT2D eigenvalue weighted by molar-refractivity contribution is -0.144. The van der Waals surface area contributed by atoms with Crippen LogP contribution in [0.15, 0.2) is 48.5 Å². The minimum absolute atomic E-state index is 0.0426. The van der Waals surface area contributed by atoms with Crippen LogP contribution in [-0.4, -0.2) is 51.6 Å². The van der Waals surface area contributed by atoms with Crippen molar-refractivity contribution in [2.24, 2.45) is 0 Å². The van der Waals surface area contributed by atoms with Crippen LogP contribution in [0.25, 0.3) is 0 Å². The number of carbonyl (C=O) groups excluding carboxylic acids is 3. The average molecular weight is 540 g/mol. The van der Waals surface area contributed by atoms with Crippen molar-refractivity contribution in [1.82, 2.24) is 15.5 Å². The molecule has 3 atom stereocenters. The number of para-hydroxylation sites is 1. The number of amides is 3. The van der Waals surface area contributed by atoms with Gasteiger partial charge in [-0.15, -0.1) is 0 Å². The van der Waals surface area contributed by atoms with E-state index in [4.69, 9.17) is 4.74 Å². The Labute approximate surface area is 233 Å². The van der Waals surface area contributed by atoms with Crippen LogP contribution in [0.4, 0.5) is 4.79 Å². The van der Waals surface area contributed by atoms with Crippen molar-refractivity contribution in [3.8, 4) is 5.75 Å². The number of aryl methyl sites for hydroxylation is 1. The van der Waals surface area contributed by atoms with Crippen molar-refractivity contribution in [1.29, 1.82) is 0 Å². The van der Waals surface area contributed by atoms with E-state index in [-0.39, 0.29) is 18.2 Å². The number of hydrogen-bond donors (Lipinski definition) is 3. The Morgan fingerprint density at radius 1 is 0.974 bits per heavy atom. The molecule has 3 amide bonds. The molecule has 0 heterocycles. The number of nitrogens with one attached hydrogen (secondary N) is 2. The highest BCUT2D eigenvalue weighted by atomic mass is 16.6. The minimum atomic E-state index is -1.12. The number of phenols is 1. The lowest BCUT2D eigenvalue weighted by Gasteiger charge is -2.38. The number of alkyl carbamates (subject to hydrolysis) is 1. The van der Waals surface area contributed by atoms with E-state index in [0.717, 1.165) is 18.4 Å². The summed E-state index contributed by atoms with van der Waals surface area (Å²) in [6, 6.07) is 11.8. The molecule has 0 aliphatic carbocycles. The predicted molar refractivity (Wildman–Crippen MR) is 153 cm³/mol. The standard InChI is InChI=1S/C31H45N3O5/c1-9-14-22(5)32-28(36)26(24-18-13-15-21(4)27(24)35)34(20(2)3)29(37)25(19-23-16-11-10-12-17-23)33-30(38)39-31(6,7)8/h10-13,15-18,20,22,25-26,35H,9,14,19H2,1-8H3,(H,32,36)(H,33,38). The summed E-state index contributed by atoms with van der Waals surface area (Å²) >= 11 is 0. The molecule has 0 aromatic heterocycles. The summed E-state index contributed by atoms with van der Waals surface area (Å²) in [5.74, 6) is -0.891. The summed E-state index contributed by atoms with van der Waals surface area (Å²) < 4.78 is 5.46. The smallest absolute Gasteiger partial charge is 0.408 e. The normalized spacial score (nSPS) is 13.8. The highest BCUT2D eigenvalue weighted by molar-refractivity contribution is 5.93. The fourth-order valence-corrected chi connectivity index (χ4v) is 4.51. The van der Waals surface area contributed by atoms with E-state index in [1.54, 1.807) is 45.9 Å². The summed E-state index contributed by atoms with van der Waals surface area (Å²) in [7, 11) is 0. The number of ether oxygens (including phenoxy) is 1. The zero-order valence-electron chi connectivity index (χ0n) is 24.6. The van der Waals surface area contributed by atoms with Crippen LogP contribution in [0.3, 0.4) is 0 Å². The van der Waals surface area contributed by atoms with Crippen molar-refractivity contribution in [3.63, 3.8) is 0 Å². The van der Waals surface area contributed by atoms with E-state index in [2.05, 4.69) is 10.6 Å². The zero-order valence-corrected chi connectivity index (χ0v) is 24.6. The Balaban J connectivity index is 2.58. The van der Waals surface area contributed by atoms with E-state index in [9.17, 15) is 19.5 Å². The third-order valence-electron chi connectivity index (χ3n) is 6.28. The SMILES string of the molecule is CCCC(C)NC(=O)C(c1cccc(C)c1O)N(C(=O)C(Cc1ccccc1)NC(=O)OC(C)(C)C)C(C)C. The number of rotatable bonds is 11. The lowest BCUT2D eigenvalue weighted by Crippen LogP contribution is -2.56. The van der Waals surface area contributed by atoms with Gasteiger partial charge in [0.05, 0.1) is 0 Å². The molecule has 8 heteroatoms. The molecule has 3 N–H and O–H groups in total. The number of phenolic OH excluding ortho intramolecular Hbond substituents is 1. The van der Waals surface area contributed by atoms with Gasteiger partial charge in [-0.2, -0.15) is 0 Å². The van der Waals surface area contributed by atoms with Crippen LogP contribution in [-0.2, 0) is 20.7 Å². The van der Waals surface area contributed by atoms with Gasteiger partial charge in [-0.3, -0.25) is 9.59 Å². The van der Waals surface area contributed by atoms with Gasteiger partial charge in [0.1, 0.15) is 23.4 Å². The van der Waals surface area contributed by atoms with Crippen LogP contribution >= 0.6 is 0 Å². The number of carbonyl (C=O) groups is 3. The Kier molecular flexibility index (Phi) is 11.4. The van der Waals surface area contributed by atoms with Gasteiger partial charge >= 0.3 is 6.09 Å². The van der Waals surface area contributed by atoms with E-state index in [1.807, 2.05) is 58.0 Å². The van der Waals surface area contributed by atoms with Gasteiger partial charge in [-0.1, -0.05) is 61.9 Å².